The Morgan fingerprint density at radius 2 is 1.70 bits per heavy atom. The SMILES string of the molecule is CCNCc1ccc(CN(C)Cc2ccc(C)o2)cc1. The average Bonchev–Trinajstić information content (AvgIpc) is 2.83. The summed E-state index contributed by atoms with van der Waals surface area (Å²) >= 11 is 0. The smallest absolute Gasteiger partial charge is 0.118 e. The Labute approximate surface area is 121 Å². The maximum atomic E-state index is 5.61. The zero-order chi connectivity index (χ0) is 14.4. The van der Waals surface area contributed by atoms with Gasteiger partial charge in [0.05, 0.1) is 6.54 Å². The van der Waals surface area contributed by atoms with Gasteiger partial charge >= 0.3 is 0 Å². The first kappa shape index (κ1) is 14.8. The lowest BCUT2D eigenvalue weighted by Crippen LogP contribution is -2.17. The Kier molecular flexibility index (Phi) is 5.39. The molecule has 0 aliphatic carbocycles. The van der Waals surface area contributed by atoms with Gasteiger partial charge in [-0.15, -0.1) is 0 Å². The Bertz CT molecular complexity index is 516. The summed E-state index contributed by atoms with van der Waals surface area (Å²) in [7, 11) is 2.12. The molecule has 0 amide bonds. The van der Waals surface area contributed by atoms with Gasteiger partial charge in [-0.2, -0.15) is 0 Å². The fourth-order valence-corrected chi connectivity index (χ4v) is 2.24. The minimum absolute atomic E-state index is 0.840. The van der Waals surface area contributed by atoms with Crippen LogP contribution in [0.5, 0.6) is 0 Å². The number of aryl methyl sites for hydroxylation is 1. The van der Waals surface area contributed by atoms with Crippen LogP contribution in [0.3, 0.4) is 0 Å². The second-order valence-electron chi connectivity index (χ2n) is 5.28. The first-order valence-corrected chi connectivity index (χ1v) is 7.19. The van der Waals surface area contributed by atoms with Crippen molar-refractivity contribution in [1.82, 2.24) is 10.2 Å². The first-order valence-electron chi connectivity index (χ1n) is 7.19. The van der Waals surface area contributed by atoms with Crippen LogP contribution in [0.15, 0.2) is 40.8 Å². The molecule has 1 N–H and O–H groups in total. The molecule has 2 rings (SSSR count). The van der Waals surface area contributed by atoms with Crippen LogP contribution in [0.2, 0.25) is 0 Å². The maximum Gasteiger partial charge on any atom is 0.118 e. The van der Waals surface area contributed by atoms with E-state index in [1.165, 1.54) is 11.1 Å². The third-order valence-corrected chi connectivity index (χ3v) is 3.28. The molecule has 0 aliphatic heterocycles. The molecule has 0 aliphatic rings. The number of furan rings is 1. The second-order valence-corrected chi connectivity index (χ2v) is 5.28. The predicted octanol–water partition coefficient (Wildman–Crippen LogP) is 3.33. The van der Waals surface area contributed by atoms with Crippen molar-refractivity contribution in [2.45, 2.75) is 33.5 Å². The number of hydrogen-bond donors (Lipinski definition) is 1. The number of benzene rings is 1. The predicted molar refractivity (Wildman–Crippen MR) is 82.4 cm³/mol. The molecule has 3 nitrogen and oxygen atoms in total. The molecule has 20 heavy (non-hydrogen) atoms. The minimum atomic E-state index is 0.840. The van der Waals surface area contributed by atoms with E-state index in [0.29, 0.717) is 0 Å². The first-order chi connectivity index (χ1) is 9.67. The molecule has 0 saturated carbocycles. The molecule has 0 unspecified atom stereocenters. The van der Waals surface area contributed by atoms with Crippen LogP contribution in [0.25, 0.3) is 0 Å². The molecule has 0 bridgehead atoms. The summed E-state index contributed by atoms with van der Waals surface area (Å²) in [6.45, 7) is 7.83. The van der Waals surface area contributed by atoms with Crippen molar-refractivity contribution >= 4 is 0 Å². The van der Waals surface area contributed by atoms with Gasteiger partial charge in [0.2, 0.25) is 0 Å². The van der Waals surface area contributed by atoms with Crippen LogP contribution in [0, 0.1) is 6.92 Å². The fraction of sp³-hybridized carbons (Fsp3) is 0.412. The van der Waals surface area contributed by atoms with E-state index in [0.717, 1.165) is 37.7 Å². The van der Waals surface area contributed by atoms with E-state index in [9.17, 15) is 0 Å². The summed E-state index contributed by atoms with van der Waals surface area (Å²) in [5.41, 5.74) is 2.66. The Hall–Kier alpha value is -1.58. The standard InChI is InChI=1S/C17H24N2O/c1-4-18-11-15-6-8-16(9-7-15)12-19(3)13-17-10-5-14(2)20-17/h5-10,18H,4,11-13H2,1-3H3. The number of nitrogens with one attached hydrogen (secondary N) is 1. The third-order valence-electron chi connectivity index (χ3n) is 3.28. The molecule has 0 radical (unpaired) electrons. The van der Waals surface area contributed by atoms with Crippen molar-refractivity contribution in [1.29, 1.82) is 0 Å². The molecule has 1 heterocycles. The largest absolute Gasteiger partial charge is 0.465 e. The molecule has 1 aromatic heterocycles. The molecular weight excluding hydrogens is 248 g/mol. The van der Waals surface area contributed by atoms with Gasteiger partial charge in [-0.25, -0.2) is 0 Å². The summed E-state index contributed by atoms with van der Waals surface area (Å²) in [6, 6.07) is 12.9. The van der Waals surface area contributed by atoms with Gasteiger partial charge in [-0.1, -0.05) is 31.2 Å². The van der Waals surface area contributed by atoms with Gasteiger partial charge in [-0.05, 0) is 43.8 Å². The summed E-state index contributed by atoms with van der Waals surface area (Å²) in [4.78, 5) is 2.26. The fourth-order valence-electron chi connectivity index (χ4n) is 2.24. The quantitative estimate of drug-likeness (QED) is 0.838. The second kappa shape index (κ2) is 7.27. The minimum Gasteiger partial charge on any atom is -0.465 e. The molecule has 0 atom stereocenters. The highest BCUT2D eigenvalue weighted by atomic mass is 16.3. The highest BCUT2D eigenvalue weighted by molar-refractivity contribution is 5.22. The summed E-state index contributed by atoms with van der Waals surface area (Å²) in [5, 5.41) is 3.34. The normalized spacial score (nSPS) is 11.2. The summed E-state index contributed by atoms with van der Waals surface area (Å²) in [6.07, 6.45) is 0. The molecule has 0 spiro atoms. The topological polar surface area (TPSA) is 28.4 Å². The van der Waals surface area contributed by atoms with E-state index in [1.54, 1.807) is 0 Å². The van der Waals surface area contributed by atoms with Crippen molar-refractivity contribution in [3.63, 3.8) is 0 Å². The lowest BCUT2D eigenvalue weighted by molar-refractivity contribution is 0.285. The highest BCUT2D eigenvalue weighted by Crippen LogP contribution is 2.12. The van der Waals surface area contributed by atoms with E-state index >= 15 is 0 Å². The molecule has 0 saturated heterocycles. The van der Waals surface area contributed by atoms with Gasteiger partial charge in [0.1, 0.15) is 11.5 Å². The number of rotatable bonds is 7. The molecular formula is C17H24N2O. The van der Waals surface area contributed by atoms with Gasteiger partial charge in [0.15, 0.2) is 0 Å². The van der Waals surface area contributed by atoms with Crippen LogP contribution >= 0.6 is 0 Å². The van der Waals surface area contributed by atoms with E-state index in [2.05, 4.69) is 48.5 Å². The Morgan fingerprint density at radius 3 is 2.30 bits per heavy atom. The third kappa shape index (κ3) is 4.51. The van der Waals surface area contributed by atoms with Gasteiger partial charge in [-0.3, -0.25) is 4.90 Å². The van der Waals surface area contributed by atoms with E-state index in [1.807, 2.05) is 19.1 Å². The lowest BCUT2D eigenvalue weighted by Gasteiger charge is -2.15. The number of hydrogen-bond acceptors (Lipinski definition) is 3. The molecule has 1 aromatic carbocycles. The van der Waals surface area contributed by atoms with Crippen LogP contribution in [-0.4, -0.2) is 18.5 Å². The zero-order valence-corrected chi connectivity index (χ0v) is 12.6. The lowest BCUT2D eigenvalue weighted by atomic mass is 10.1. The highest BCUT2D eigenvalue weighted by Gasteiger charge is 2.05. The van der Waals surface area contributed by atoms with Crippen LogP contribution < -0.4 is 5.32 Å². The van der Waals surface area contributed by atoms with E-state index < -0.39 is 0 Å². The Morgan fingerprint density at radius 1 is 1.00 bits per heavy atom. The maximum absolute atomic E-state index is 5.61. The van der Waals surface area contributed by atoms with Crippen LogP contribution in [-0.2, 0) is 19.6 Å². The molecule has 0 fully saturated rings. The van der Waals surface area contributed by atoms with Gasteiger partial charge in [0.25, 0.3) is 0 Å². The monoisotopic (exact) mass is 272 g/mol. The van der Waals surface area contributed by atoms with Crippen molar-refractivity contribution in [3.8, 4) is 0 Å². The van der Waals surface area contributed by atoms with Gasteiger partial charge in [0, 0.05) is 13.1 Å². The van der Waals surface area contributed by atoms with E-state index in [4.69, 9.17) is 4.42 Å². The Balaban J connectivity index is 1.85. The molecule has 3 heteroatoms. The summed E-state index contributed by atoms with van der Waals surface area (Å²) in [5.74, 6) is 2.00. The van der Waals surface area contributed by atoms with E-state index in [-0.39, 0.29) is 0 Å². The molecule has 108 valence electrons. The van der Waals surface area contributed by atoms with Crippen LogP contribution in [0.1, 0.15) is 29.6 Å². The average molecular weight is 272 g/mol. The van der Waals surface area contributed by atoms with Crippen molar-refractivity contribution in [2.24, 2.45) is 0 Å². The zero-order valence-electron chi connectivity index (χ0n) is 12.6. The molecule has 2 aromatic rings. The van der Waals surface area contributed by atoms with Crippen molar-refractivity contribution in [2.75, 3.05) is 13.6 Å². The number of nitrogens with zero attached hydrogens (tertiary/aromatic N) is 1. The van der Waals surface area contributed by atoms with Crippen LogP contribution in [0.4, 0.5) is 0 Å². The summed E-state index contributed by atoms with van der Waals surface area (Å²) < 4.78 is 5.61. The van der Waals surface area contributed by atoms with Crippen molar-refractivity contribution < 1.29 is 4.42 Å². The van der Waals surface area contributed by atoms with Crippen molar-refractivity contribution in [3.05, 3.63) is 59.0 Å². The van der Waals surface area contributed by atoms with Gasteiger partial charge < -0.3 is 9.73 Å².